The number of methoxy groups -OCH3 is 1. The SMILES string of the molecule is COc1ncc(C#N)c(N)n1. The van der Waals surface area contributed by atoms with Crippen molar-refractivity contribution in [3.63, 3.8) is 0 Å². The molecule has 0 amide bonds. The average molecular weight is 150 g/mol. The maximum atomic E-state index is 8.43. The van der Waals surface area contributed by atoms with Crippen LogP contribution >= 0.6 is 0 Å². The van der Waals surface area contributed by atoms with E-state index in [0.29, 0.717) is 0 Å². The number of rotatable bonds is 1. The van der Waals surface area contributed by atoms with Gasteiger partial charge in [0.05, 0.1) is 13.3 Å². The summed E-state index contributed by atoms with van der Waals surface area (Å²) in [5, 5.41) is 8.43. The van der Waals surface area contributed by atoms with Gasteiger partial charge in [0.1, 0.15) is 17.5 Å². The maximum absolute atomic E-state index is 8.43. The number of aromatic nitrogens is 2. The molecule has 56 valence electrons. The third kappa shape index (κ3) is 1.35. The normalized spacial score (nSPS) is 8.73. The van der Waals surface area contributed by atoms with Crippen LogP contribution < -0.4 is 10.5 Å². The van der Waals surface area contributed by atoms with Crippen LogP contribution in [0.15, 0.2) is 6.20 Å². The Labute approximate surface area is 63.4 Å². The average Bonchev–Trinajstić information content (AvgIpc) is 2.04. The summed E-state index contributed by atoms with van der Waals surface area (Å²) in [4.78, 5) is 7.38. The van der Waals surface area contributed by atoms with Crippen LogP contribution in [0.1, 0.15) is 5.56 Å². The van der Waals surface area contributed by atoms with Crippen molar-refractivity contribution in [2.45, 2.75) is 0 Å². The van der Waals surface area contributed by atoms with E-state index in [4.69, 9.17) is 11.0 Å². The van der Waals surface area contributed by atoms with Crippen LogP contribution in [-0.4, -0.2) is 17.1 Å². The fraction of sp³-hybridized carbons (Fsp3) is 0.167. The first-order valence-electron chi connectivity index (χ1n) is 2.84. The van der Waals surface area contributed by atoms with E-state index in [1.807, 2.05) is 6.07 Å². The first-order valence-corrected chi connectivity index (χ1v) is 2.84. The third-order valence-electron chi connectivity index (χ3n) is 1.10. The molecular weight excluding hydrogens is 144 g/mol. The van der Waals surface area contributed by atoms with E-state index in [1.54, 1.807) is 0 Å². The van der Waals surface area contributed by atoms with Crippen molar-refractivity contribution in [3.05, 3.63) is 11.8 Å². The minimum absolute atomic E-state index is 0.138. The molecule has 5 nitrogen and oxygen atoms in total. The number of hydrogen-bond donors (Lipinski definition) is 1. The molecule has 0 atom stereocenters. The molecule has 1 rings (SSSR count). The molecule has 0 saturated carbocycles. The number of anilines is 1. The minimum Gasteiger partial charge on any atom is -0.467 e. The van der Waals surface area contributed by atoms with Crippen LogP contribution in [0.25, 0.3) is 0 Å². The first-order chi connectivity index (χ1) is 5.27. The highest BCUT2D eigenvalue weighted by Gasteiger charge is 2.01. The van der Waals surface area contributed by atoms with Gasteiger partial charge in [0.25, 0.3) is 0 Å². The molecular formula is C6H6N4O. The Hall–Kier alpha value is -1.83. The van der Waals surface area contributed by atoms with E-state index in [1.165, 1.54) is 13.3 Å². The molecule has 0 aliphatic rings. The first kappa shape index (κ1) is 7.28. The van der Waals surface area contributed by atoms with Crippen LogP contribution in [0, 0.1) is 11.3 Å². The Bertz CT molecular complexity index is 304. The van der Waals surface area contributed by atoms with Gasteiger partial charge in [0, 0.05) is 0 Å². The smallest absolute Gasteiger partial charge is 0.318 e. The van der Waals surface area contributed by atoms with Gasteiger partial charge in [-0.05, 0) is 0 Å². The molecule has 0 fully saturated rings. The van der Waals surface area contributed by atoms with E-state index in [-0.39, 0.29) is 17.4 Å². The lowest BCUT2D eigenvalue weighted by Gasteiger charge is -1.98. The van der Waals surface area contributed by atoms with Crippen molar-refractivity contribution in [2.75, 3.05) is 12.8 Å². The number of ether oxygens (including phenoxy) is 1. The lowest BCUT2D eigenvalue weighted by molar-refractivity contribution is 0.380. The van der Waals surface area contributed by atoms with Crippen molar-refractivity contribution >= 4 is 5.82 Å². The summed E-state index contributed by atoms with van der Waals surface area (Å²) in [5.41, 5.74) is 5.61. The molecule has 0 bridgehead atoms. The second kappa shape index (κ2) is 2.84. The summed E-state index contributed by atoms with van der Waals surface area (Å²) >= 11 is 0. The zero-order valence-electron chi connectivity index (χ0n) is 5.90. The van der Waals surface area contributed by atoms with Gasteiger partial charge in [-0.15, -0.1) is 0 Å². The Morgan fingerprint density at radius 1 is 1.73 bits per heavy atom. The molecule has 0 saturated heterocycles. The van der Waals surface area contributed by atoms with Crippen molar-refractivity contribution in [3.8, 4) is 12.1 Å². The summed E-state index contributed by atoms with van der Waals surface area (Å²) in [7, 11) is 1.43. The van der Waals surface area contributed by atoms with Gasteiger partial charge in [-0.3, -0.25) is 0 Å². The Morgan fingerprint density at radius 3 is 2.91 bits per heavy atom. The molecule has 0 radical (unpaired) electrons. The number of nitrogen functional groups attached to an aromatic ring is 1. The van der Waals surface area contributed by atoms with Crippen LogP contribution in [0.2, 0.25) is 0 Å². The van der Waals surface area contributed by atoms with E-state index in [9.17, 15) is 0 Å². The molecule has 11 heavy (non-hydrogen) atoms. The van der Waals surface area contributed by atoms with Crippen molar-refractivity contribution in [1.29, 1.82) is 5.26 Å². The molecule has 1 heterocycles. The quantitative estimate of drug-likeness (QED) is 0.606. The number of hydrogen-bond acceptors (Lipinski definition) is 5. The molecule has 5 heteroatoms. The predicted octanol–water partition coefficient (Wildman–Crippen LogP) is -0.0609. The van der Waals surface area contributed by atoms with Gasteiger partial charge >= 0.3 is 6.01 Å². The highest BCUT2D eigenvalue weighted by molar-refractivity contribution is 5.46. The van der Waals surface area contributed by atoms with Crippen LogP contribution in [0.4, 0.5) is 5.82 Å². The fourth-order valence-corrected chi connectivity index (χ4v) is 0.563. The van der Waals surface area contributed by atoms with Gasteiger partial charge in [0.2, 0.25) is 0 Å². The van der Waals surface area contributed by atoms with Crippen LogP contribution in [0.5, 0.6) is 6.01 Å². The van der Waals surface area contributed by atoms with Crippen molar-refractivity contribution < 1.29 is 4.74 Å². The maximum Gasteiger partial charge on any atom is 0.318 e. The monoisotopic (exact) mass is 150 g/mol. The number of nitrogens with two attached hydrogens (primary N) is 1. The minimum atomic E-state index is 0.138. The van der Waals surface area contributed by atoms with Crippen molar-refractivity contribution in [1.82, 2.24) is 9.97 Å². The van der Waals surface area contributed by atoms with Gasteiger partial charge in [-0.25, -0.2) is 4.98 Å². The van der Waals surface area contributed by atoms with E-state index < -0.39 is 0 Å². The Kier molecular flexibility index (Phi) is 1.88. The number of nitriles is 1. The van der Waals surface area contributed by atoms with Crippen molar-refractivity contribution in [2.24, 2.45) is 0 Å². The molecule has 2 N–H and O–H groups in total. The highest BCUT2D eigenvalue weighted by Crippen LogP contribution is 2.08. The van der Waals surface area contributed by atoms with E-state index in [2.05, 4.69) is 14.7 Å². The van der Waals surface area contributed by atoms with Gasteiger partial charge < -0.3 is 10.5 Å². The largest absolute Gasteiger partial charge is 0.467 e. The molecule has 0 aliphatic heterocycles. The van der Waals surface area contributed by atoms with Gasteiger partial charge in [-0.2, -0.15) is 10.2 Å². The van der Waals surface area contributed by atoms with Crippen LogP contribution in [0.3, 0.4) is 0 Å². The topological polar surface area (TPSA) is 84.8 Å². The second-order valence-electron chi connectivity index (χ2n) is 1.77. The fourth-order valence-electron chi connectivity index (χ4n) is 0.563. The van der Waals surface area contributed by atoms with E-state index >= 15 is 0 Å². The summed E-state index contributed by atoms with van der Waals surface area (Å²) in [6.45, 7) is 0. The van der Waals surface area contributed by atoms with Gasteiger partial charge in [0.15, 0.2) is 0 Å². The van der Waals surface area contributed by atoms with E-state index in [0.717, 1.165) is 0 Å². The zero-order valence-corrected chi connectivity index (χ0v) is 5.90. The summed E-state index contributed by atoms with van der Waals surface area (Å²) in [5.74, 6) is 0.138. The predicted molar refractivity (Wildman–Crippen MR) is 37.7 cm³/mol. The lowest BCUT2D eigenvalue weighted by Crippen LogP contribution is -1.99. The third-order valence-corrected chi connectivity index (χ3v) is 1.10. The van der Waals surface area contributed by atoms with Gasteiger partial charge in [-0.1, -0.05) is 0 Å². The molecule has 0 unspecified atom stereocenters. The standard InChI is InChI=1S/C6H6N4O/c1-11-6-9-3-4(2-7)5(8)10-6/h3H,1H3,(H2,8,9,10). The number of nitrogens with zero attached hydrogens (tertiary/aromatic N) is 3. The second-order valence-corrected chi connectivity index (χ2v) is 1.77. The molecule has 1 aromatic rings. The van der Waals surface area contributed by atoms with Crippen LogP contribution in [-0.2, 0) is 0 Å². The zero-order chi connectivity index (χ0) is 8.27. The Morgan fingerprint density at radius 2 is 2.45 bits per heavy atom. The highest BCUT2D eigenvalue weighted by atomic mass is 16.5. The summed E-state index contributed by atoms with van der Waals surface area (Å²) in [6, 6.07) is 2.01. The molecule has 0 spiro atoms. The molecule has 1 aromatic heterocycles. The lowest BCUT2D eigenvalue weighted by atomic mass is 10.3. The molecule has 0 aromatic carbocycles. The molecule has 0 aliphatic carbocycles. The summed E-state index contributed by atoms with van der Waals surface area (Å²) in [6.07, 6.45) is 1.32. The summed E-state index contributed by atoms with van der Waals surface area (Å²) < 4.78 is 4.68. The Balaban J connectivity index is 3.12.